The number of rotatable bonds is 4. The van der Waals surface area contributed by atoms with Crippen LogP contribution in [0.3, 0.4) is 0 Å². The van der Waals surface area contributed by atoms with Crippen LogP contribution < -0.4 is 11.1 Å². The average molecular weight is 445 g/mol. The summed E-state index contributed by atoms with van der Waals surface area (Å²) in [6.07, 6.45) is -1.59. The number of fused-ring (bicyclic) bond motifs is 1. The lowest BCUT2D eigenvalue weighted by Gasteiger charge is -2.27. The molecule has 146 valence electrons. The normalized spacial score (nSPS) is 20.6. The van der Waals surface area contributed by atoms with E-state index in [9.17, 15) is 18.0 Å². The quantitative estimate of drug-likeness (QED) is 0.730. The number of benzene rings is 1. The van der Waals surface area contributed by atoms with E-state index in [2.05, 4.69) is 31.2 Å². The van der Waals surface area contributed by atoms with Gasteiger partial charge in [0, 0.05) is 22.3 Å². The number of nitrogens with two attached hydrogens (primary N) is 1. The lowest BCUT2D eigenvalue weighted by molar-refractivity contribution is -0.144. The molecule has 9 heteroatoms. The fourth-order valence-corrected chi connectivity index (χ4v) is 4.09. The first-order chi connectivity index (χ1) is 12.6. The van der Waals surface area contributed by atoms with Crippen LogP contribution in [0.15, 0.2) is 16.6 Å². The number of carbonyl (C=O) groups excluding carboxylic acids is 1. The standard InChI is InChI=1S/C18H20BrF3N4O/c1-9-6-12(19)7-13-14(9)25-17(18(20,21)22)26-16(13)24-8-10-2-4-11(5-3-10)15(23)27/h6-7,10-11H,2-5,8H2,1H3,(H2,23,27)(H,24,25,26). The first kappa shape index (κ1) is 19.9. The molecule has 1 fully saturated rings. The van der Waals surface area contributed by atoms with Gasteiger partial charge >= 0.3 is 6.18 Å². The summed E-state index contributed by atoms with van der Waals surface area (Å²) in [5.74, 6) is -1.10. The summed E-state index contributed by atoms with van der Waals surface area (Å²) in [7, 11) is 0. The summed E-state index contributed by atoms with van der Waals surface area (Å²) in [5.41, 5.74) is 6.26. The molecular weight excluding hydrogens is 425 g/mol. The molecule has 1 saturated carbocycles. The van der Waals surface area contributed by atoms with Crippen LogP contribution in [0.25, 0.3) is 10.9 Å². The molecule has 0 saturated heterocycles. The topological polar surface area (TPSA) is 80.9 Å². The van der Waals surface area contributed by atoms with Crippen LogP contribution >= 0.6 is 15.9 Å². The second kappa shape index (κ2) is 7.61. The molecule has 0 unspecified atom stereocenters. The minimum Gasteiger partial charge on any atom is -0.369 e. The number of nitrogens with zero attached hydrogens (tertiary/aromatic N) is 2. The Bertz CT molecular complexity index is 864. The summed E-state index contributed by atoms with van der Waals surface area (Å²) in [5, 5.41) is 3.62. The average Bonchev–Trinajstić information content (AvgIpc) is 2.59. The van der Waals surface area contributed by atoms with Crippen molar-refractivity contribution >= 4 is 38.6 Å². The number of alkyl halides is 3. The number of primary amides is 1. The van der Waals surface area contributed by atoms with Crippen molar-refractivity contribution in [3.8, 4) is 0 Å². The van der Waals surface area contributed by atoms with E-state index in [1.165, 1.54) is 0 Å². The minimum atomic E-state index is -4.62. The van der Waals surface area contributed by atoms with Gasteiger partial charge in [0.25, 0.3) is 0 Å². The molecule has 1 aliphatic rings. The fraction of sp³-hybridized carbons (Fsp3) is 0.500. The number of hydrogen-bond donors (Lipinski definition) is 2. The van der Waals surface area contributed by atoms with Crippen LogP contribution in [0.5, 0.6) is 0 Å². The van der Waals surface area contributed by atoms with Gasteiger partial charge in [0.05, 0.1) is 5.52 Å². The van der Waals surface area contributed by atoms with Gasteiger partial charge in [-0.05, 0) is 56.2 Å². The summed E-state index contributed by atoms with van der Waals surface area (Å²) in [4.78, 5) is 18.7. The monoisotopic (exact) mass is 444 g/mol. The third-order valence-corrected chi connectivity index (χ3v) is 5.47. The van der Waals surface area contributed by atoms with Crippen LogP contribution in [-0.2, 0) is 11.0 Å². The lowest BCUT2D eigenvalue weighted by atomic mass is 9.81. The van der Waals surface area contributed by atoms with Gasteiger partial charge in [-0.2, -0.15) is 13.2 Å². The Morgan fingerprint density at radius 2 is 1.93 bits per heavy atom. The Hall–Kier alpha value is -1.90. The molecule has 0 radical (unpaired) electrons. The van der Waals surface area contributed by atoms with E-state index < -0.39 is 12.0 Å². The summed E-state index contributed by atoms with van der Waals surface area (Å²) >= 11 is 3.37. The largest absolute Gasteiger partial charge is 0.451 e. The van der Waals surface area contributed by atoms with Crippen molar-refractivity contribution in [2.24, 2.45) is 17.6 Å². The zero-order valence-electron chi connectivity index (χ0n) is 14.7. The van der Waals surface area contributed by atoms with Gasteiger partial charge in [0.2, 0.25) is 11.7 Å². The Labute approximate surface area is 163 Å². The number of aryl methyl sites for hydroxylation is 1. The van der Waals surface area contributed by atoms with Gasteiger partial charge in [-0.3, -0.25) is 4.79 Å². The summed E-state index contributed by atoms with van der Waals surface area (Å²) < 4.78 is 40.4. The van der Waals surface area contributed by atoms with Crippen molar-refractivity contribution < 1.29 is 18.0 Å². The minimum absolute atomic E-state index is 0.100. The van der Waals surface area contributed by atoms with Gasteiger partial charge in [0.1, 0.15) is 5.82 Å². The van der Waals surface area contributed by atoms with E-state index in [1.54, 1.807) is 19.1 Å². The molecule has 27 heavy (non-hydrogen) atoms. The van der Waals surface area contributed by atoms with Gasteiger partial charge < -0.3 is 11.1 Å². The fourth-order valence-electron chi connectivity index (χ4n) is 3.52. The van der Waals surface area contributed by atoms with E-state index in [1.807, 2.05) is 0 Å². The van der Waals surface area contributed by atoms with Crippen LogP contribution in [0.2, 0.25) is 0 Å². The van der Waals surface area contributed by atoms with Crippen molar-refractivity contribution in [1.82, 2.24) is 9.97 Å². The molecule has 1 aromatic heterocycles. The second-order valence-corrected chi connectivity index (χ2v) is 7.93. The van der Waals surface area contributed by atoms with Crippen molar-refractivity contribution in [2.75, 3.05) is 11.9 Å². The van der Waals surface area contributed by atoms with Gasteiger partial charge in [0.15, 0.2) is 0 Å². The molecule has 0 spiro atoms. The maximum atomic E-state index is 13.2. The number of aromatic nitrogens is 2. The molecule has 1 heterocycles. The zero-order chi connectivity index (χ0) is 19.8. The molecule has 5 nitrogen and oxygen atoms in total. The maximum absolute atomic E-state index is 13.2. The molecule has 3 rings (SSSR count). The molecule has 1 amide bonds. The molecule has 1 aromatic carbocycles. The number of nitrogens with one attached hydrogen (secondary N) is 1. The van der Waals surface area contributed by atoms with Crippen LogP contribution in [0.4, 0.5) is 19.0 Å². The number of carbonyl (C=O) groups is 1. The number of anilines is 1. The second-order valence-electron chi connectivity index (χ2n) is 7.01. The third-order valence-electron chi connectivity index (χ3n) is 5.02. The number of amides is 1. The first-order valence-corrected chi connectivity index (χ1v) is 9.52. The van der Waals surface area contributed by atoms with E-state index in [0.717, 1.165) is 17.3 Å². The summed E-state index contributed by atoms with van der Waals surface area (Å²) in [6.45, 7) is 2.20. The molecule has 3 N–H and O–H groups in total. The molecule has 0 aliphatic heterocycles. The van der Waals surface area contributed by atoms with Gasteiger partial charge in [-0.15, -0.1) is 0 Å². The highest BCUT2D eigenvalue weighted by Gasteiger charge is 2.36. The van der Waals surface area contributed by atoms with Crippen molar-refractivity contribution in [2.45, 2.75) is 38.8 Å². The molecule has 0 atom stereocenters. The molecule has 2 aromatic rings. The van der Waals surface area contributed by atoms with E-state index >= 15 is 0 Å². The predicted molar refractivity (Wildman–Crippen MR) is 100 cm³/mol. The number of halogens is 4. The van der Waals surface area contributed by atoms with Gasteiger partial charge in [-0.25, -0.2) is 9.97 Å². The van der Waals surface area contributed by atoms with Crippen molar-refractivity contribution in [3.63, 3.8) is 0 Å². The predicted octanol–water partition coefficient (Wildman–Crippen LogP) is 4.42. The van der Waals surface area contributed by atoms with Gasteiger partial charge in [-0.1, -0.05) is 15.9 Å². The Morgan fingerprint density at radius 3 is 2.52 bits per heavy atom. The van der Waals surface area contributed by atoms with Crippen molar-refractivity contribution in [3.05, 3.63) is 28.0 Å². The smallest absolute Gasteiger partial charge is 0.369 e. The summed E-state index contributed by atoms with van der Waals surface area (Å²) in [6, 6.07) is 3.44. The highest BCUT2D eigenvalue weighted by Crippen LogP contribution is 2.34. The van der Waals surface area contributed by atoms with Crippen LogP contribution in [-0.4, -0.2) is 22.4 Å². The third kappa shape index (κ3) is 4.51. The van der Waals surface area contributed by atoms with E-state index in [-0.39, 0.29) is 29.1 Å². The Kier molecular flexibility index (Phi) is 5.60. The number of hydrogen-bond acceptors (Lipinski definition) is 4. The lowest BCUT2D eigenvalue weighted by Crippen LogP contribution is -2.29. The SMILES string of the molecule is Cc1cc(Br)cc2c(NCC3CCC(C(N)=O)CC3)nc(C(F)(F)F)nc12. The molecule has 1 aliphatic carbocycles. The van der Waals surface area contributed by atoms with Crippen LogP contribution in [0.1, 0.15) is 37.1 Å². The molecule has 0 bridgehead atoms. The Balaban J connectivity index is 1.86. The maximum Gasteiger partial charge on any atom is 0.451 e. The first-order valence-electron chi connectivity index (χ1n) is 8.73. The van der Waals surface area contributed by atoms with Crippen LogP contribution in [0, 0.1) is 18.8 Å². The highest BCUT2D eigenvalue weighted by atomic mass is 79.9. The van der Waals surface area contributed by atoms with E-state index in [4.69, 9.17) is 5.73 Å². The highest BCUT2D eigenvalue weighted by molar-refractivity contribution is 9.10. The molecular formula is C18H20BrF3N4O. The van der Waals surface area contributed by atoms with E-state index in [0.29, 0.717) is 30.3 Å². The zero-order valence-corrected chi connectivity index (χ0v) is 16.3. The Morgan fingerprint density at radius 1 is 1.26 bits per heavy atom. The van der Waals surface area contributed by atoms with Crippen molar-refractivity contribution in [1.29, 1.82) is 0 Å².